The Morgan fingerprint density at radius 3 is 2.73 bits per heavy atom. The maximum atomic E-state index is 12.5. The molecule has 33 heavy (non-hydrogen) atoms. The Labute approximate surface area is 197 Å². The van der Waals surface area contributed by atoms with Crippen molar-refractivity contribution in [3.8, 4) is 11.1 Å². The Morgan fingerprint density at radius 1 is 1.24 bits per heavy atom. The zero-order valence-electron chi connectivity index (χ0n) is 19.7. The molecule has 3 heterocycles. The second-order valence-corrected chi connectivity index (χ2v) is 11.0. The zero-order valence-corrected chi connectivity index (χ0v) is 20.5. The van der Waals surface area contributed by atoms with Crippen molar-refractivity contribution in [1.29, 1.82) is 0 Å². The molecular weight excluding hydrogens is 434 g/mol. The number of carbonyl (C=O) groups is 1. The van der Waals surface area contributed by atoms with E-state index in [0.29, 0.717) is 11.3 Å². The van der Waals surface area contributed by atoms with Crippen molar-refractivity contribution in [3.63, 3.8) is 0 Å². The maximum absolute atomic E-state index is 12.5. The molecule has 1 aromatic carbocycles. The van der Waals surface area contributed by atoms with Gasteiger partial charge in [0.1, 0.15) is 4.83 Å². The third-order valence-electron chi connectivity index (χ3n) is 6.32. The standard InChI is InChI=1S/C26H29N3O3S/c1-14-20(23(25(30)31)32-26(2,3)4)21(15-10-11-18-16(12-15)13-27-29(18)5)22-17-8-6-7-9-19(17)33-24(22)28-14/h10-13,23H,6-9H2,1-5H3,(H,30,31). The first-order chi connectivity index (χ1) is 15.6. The average molecular weight is 464 g/mol. The van der Waals surface area contributed by atoms with E-state index < -0.39 is 17.7 Å². The highest BCUT2D eigenvalue weighted by molar-refractivity contribution is 7.19. The van der Waals surface area contributed by atoms with Crippen molar-refractivity contribution in [1.82, 2.24) is 14.8 Å². The van der Waals surface area contributed by atoms with Crippen LogP contribution in [0.4, 0.5) is 0 Å². The number of nitrogens with zero attached hydrogens (tertiary/aromatic N) is 3. The molecule has 0 radical (unpaired) electrons. The highest BCUT2D eigenvalue weighted by atomic mass is 32.1. The summed E-state index contributed by atoms with van der Waals surface area (Å²) in [6.07, 6.45) is 5.14. The number of ether oxygens (including phenoxy) is 1. The van der Waals surface area contributed by atoms with Crippen LogP contribution in [-0.2, 0) is 29.4 Å². The first-order valence-corrected chi connectivity index (χ1v) is 12.2. The number of aryl methyl sites for hydroxylation is 4. The van der Waals surface area contributed by atoms with Gasteiger partial charge < -0.3 is 9.84 Å². The molecule has 0 spiro atoms. The van der Waals surface area contributed by atoms with Gasteiger partial charge in [-0.25, -0.2) is 9.78 Å². The van der Waals surface area contributed by atoms with Crippen molar-refractivity contribution in [3.05, 3.63) is 46.1 Å². The molecule has 0 saturated heterocycles. The Bertz CT molecular complexity index is 1390. The molecule has 1 aliphatic rings. The molecule has 5 rings (SSSR count). The van der Waals surface area contributed by atoms with E-state index in [2.05, 4.69) is 23.3 Å². The topological polar surface area (TPSA) is 77.2 Å². The number of hydrogen-bond donors (Lipinski definition) is 1. The fourth-order valence-corrected chi connectivity index (χ4v) is 6.26. The number of aliphatic carboxylic acids is 1. The summed E-state index contributed by atoms with van der Waals surface area (Å²) in [4.78, 5) is 19.8. The van der Waals surface area contributed by atoms with Crippen molar-refractivity contribution in [2.75, 3.05) is 0 Å². The maximum Gasteiger partial charge on any atom is 0.337 e. The lowest BCUT2D eigenvalue weighted by molar-refractivity contribution is -0.160. The largest absolute Gasteiger partial charge is 0.479 e. The number of hydrogen-bond acceptors (Lipinski definition) is 5. The van der Waals surface area contributed by atoms with Crippen LogP contribution < -0.4 is 0 Å². The summed E-state index contributed by atoms with van der Waals surface area (Å²) in [7, 11) is 1.93. The van der Waals surface area contributed by atoms with E-state index in [0.717, 1.165) is 51.5 Å². The third kappa shape index (κ3) is 3.83. The third-order valence-corrected chi connectivity index (χ3v) is 7.51. The highest BCUT2D eigenvalue weighted by Crippen LogP contribution is 2.46. The monoisotopic (exact) mass is 463 g/mol. The van der Waals surface area contributed by atoms with Crippen LogP contribution >= 0.6 is 11.3 Å². The number of carboxylic acids is 1. The Kier molecular flexibility index (Phi) is 5.29. The summed E-state index contributed by atoms with van der Waals surface area (Å²) < 4.78 is 7.99. The van der Waals surface area contributed by atoms with E-state index in [4.69, 9.17) is 9.72 Å². The van der Waals surface area contributed by atoms with E-state index in [-0.39, 0.29) is 0 Å². The minimum Gasteiger partial charge on any atom is -0.479 e. The molecule has 3 aromatic heterocycles. The van der Waals surface area contributed by atoms with Crippen LogP contribution in [-0.4, -0.2) is 31.4 Å². The molecule has 1 aliphatic carbocycles. The van der Waals surface area contributed by atoms with Gasteiger partial charge in [-0.1, -0.05) is 6.07 Å². The normalized spacial score (nSPS) is 15.2. The fraction of sp³-hybridized carbons (Fsp3) is 0.423. The van der Waals surface area contributed by atoms with Crippen LogP contribution in [0.5, 0.6) is 0 Å². The van der Waals surface area contributed by atoms with Crippen molar-refractivity contribution < 1.29 is 14.6 Å². The lowest BCUT2D eigenvalue weighted by Gasteiger charge is -2.28. The van der Waals surface area contributed by atoms with Crippen LogP contribution in [0.25, 0.3) is 32.2 Å². The van der Waals surface area contributed by atoms with Crippen LogP contribution in [0.3, 0.4) is 0 Å². The Morgan fingerprint density at radius 2 is 2.00 bits per heavy atom. The summed E-state index contributed by atoms with van der Waals surface area (Å²) >= 11 is 1.76. The van der Waals surface area contributed by atoms with Crippen molar-refractivity contribution in [2.24, 2.45) is 7.05 Å². The van der Waals surface area contributed by atoms with E-state index >= 15 is 0 Å². The molecule has 172 valence electrons. The summed E-state index contributed by atoms with van der Waals surface area (Å²) in [6.45, 7) is 7.57. The van der Waals surface area contributed by atoms with Gasteiger partial charge in [0, 0.05) is 39.5 Å². The van der Waals surface area contributed by atoms with Gasteiger partial charge in [-0.3, -0.25) is 4.68 Å². The first kappa shape index (κ1) is 22.0. The Hall–Kier alpha value is -2.77. The molecule has 4 aromatic rings. The SMILES string of the molecule is Cc1nc2sc3c(c2c(-c2ccc4c(cnn4C)c2)c1C(OC(C)(C)C)C(=O)O)CCCC3. The summed E-state index contributed by atoms with van der Waals surface area (Å²) in [6, 6.07) is 6.25. The van der Waals surface area contributed by atoms with Crippen LogP contribution in [0.2, 0.25) is 0 Å². The highest BCUT2D eigenvalue weighted by Gasteiger charge is 2.34. The number of thiophene rings is 1. The molecule has 0 bridgehead atoms. The van der Waals surface area contributed by atoms with Gasteiger partial charge >= 0.3 is 5.97 Å². The van der Waals surface area contributed by atoms with Gasteiger partial charge in [0.2, 0.25) is 0 Å². The van der Waals surface area contributed by atoms with Crippen molar-refractivity contribution in [2.45, 2.75) is 65.1 Å². The summed E-state index contributed by atoms with van der Waals surface area (Å²) in [5.41, 5.74) is 5.03. The number of rotatable bonds is 4. The van der Waals surface area contributed by atoms with E-state index in [1.165, 1.54) is 16.9 Å². The fourth-order valence-electron chi connectivity index (χ4n) is 4.94. The summed E-state index contributed by atoms with van der Waals surface area (Å²) in [5, 5.41) is 16.8. The molecule has 6 nitrogen and oxygen atoms in total. The van der Waals surface area contributed by atoms with Gasteiger partial charge in [0.05, 0.1) is 17.3 Å². The number of fused-ring (bicyclic) bond motifs is 4. The number of aromatic nitrogens is 3. The molecule has 1 unspecified atom stereocenters. The second kappa shape index (κ2) is 7.92. The van der Waals surface area contributed by atoms with E-state index in [1.807, 2.05) is 45.6 Å². The molecule has 0 saturated carbocycles. The molecule has 0 aliphatic heterocycles. The number of benzene rings is 1. The number of pyridine rings is 1. The lowest BCUT2D eigenvalue weighted by Crippen LogP contribution is -2.28. The molecule has 0 amide bonds. The van der Waals surface area contributed by atoms with Gasteiger partial charge in [-0.15, -0.1) is 11.3 Å². The van der Waals surface area contributed by atoms with Crippen molar-refractivity contribution >= 4 is 38.4 Å². The van der Waals surface area contributed by atoms with Crippen LogP contribution in [0, 0.1) is 6.92 Å². The van der Waals surface area contributed by atoms with E-state index in [1.54, 1.807) is 11.3 Å². The average Bonchev–Trinajstić information content (AvgIpc) is 3.30. The zero-order chi connectivity index (χ0) is 23.5. The minimum atomic E-state index is -1.11. The molecular formula is C26H29N3O3S. The number of carboxylic acid groups (broad SMARTS) is 1. The van der Waals surface area contributed by atoms with Gasteiger partial charge in [-0.05, 0) is 76.6 Å². The predicted molar refractivity (Wildman–Crippen MR) is 132 cm³/mol. The summed E-state index contributed by atoms with van der Waals surface area (Å²) in [5.74, 6) is -0.998. The van der Waals surface area contributed by atoms with Gasteiger partial charge in [0.25, 0.3) is 0 Å². The predicted octanol–water partition coefficient (Wildman–Crippen LogP) is 5.98. The Balaban J connectivity index is 1.87. The van der Waals surface area contributed by atoms with E-state index in [9.17, 15) is 9.90 Å². The van der Waals surface area contributed by atoms with Crippen LogP contribution in [0.1, 0.15) is 61.4 Å². The first-order valence-electron chi connectivity index (χ1n) is 11.4. The lowest BCUT2D eigenvalue weighted by atomic mass is 9.87. The smallest absolute Gasteiger partial charge is 0.337 e. The minimum absolute atomic E-state index is 0.622. The van der Waals surface area contributed by atoms with Crippen LogP contribution in [0.15, 0.2) is 24.4 Å². The second-order valence-electron chi connectivity index (χ2n) is 9.87. The molecule has 1 atom stereocenters. The van der Waals surface area contributed by atoms with Gasteiger partial charge in [0.15, 0.2) is 6.10 Å². The quantitative estimate of drug-likeness (QED) is 0.403. The molecule has 1 N–H and O–H groups in total. The molecule has 0 fully saturated rings. The van der Waals surface area contributed by atoms with Gasteiger partial charge in [-0.2, -0.15) is 5.10 Å². The molecule has 7 heteroatoms.